The van der Waals surface area contributed by atoms with Crippen molar-refractivity contribution in [2.75, 3.05) is 7.11 Å². The van der Waals surface area contributed by atoms with Gasteiger partial charge in [0.2, 0.25) is 0 Å². The number of furan rings is 1. The lowest BCUT2D eigenvalue weighted by Gasteiger charge is -2.02. The van der Waals surface area contributed by atoms with E-state index >= 15 is 0 Å². The van der Waals surface area contributed by atoms with E-state index in [1.54, 1.807) is 18.2 Å². The van der Waals surface area contributed by atoms with Crippen LogP contribution >= 0.6 is 11.6 Å². The van der Waals surface area contributed by atoms with Gasteiger partial charge in [-0.05, 0) is 30.3 Å². The van der Waals surface area contributed by atoms with Crippen LogP contribution < -0.4 is 0 Å². The van der Waals surface area contributed by atoms with Gasteiger partial charge in [0, 0.05) is 10.9 Å². The number of carbonyl (C=O) groups is 1. The maximum atomic E-state index is 13.7. The van der Waals surface area contributed by atoms with E-state index in [1.807, 2.05) is 6.07 Å². The van der Waals surface area contributed by atoms with Crippen LogP contribution in [-0.4, -0.2) is 13.1 Å². The van der Waals surface area contributed by atoms with Crippen molar-refractivity contribution in [3.63, 3.8) is 0 Å². The SMILES string of the molecule is COC(=O)c1cc(F)cc(-c2cc3cccc(Cl)c3o2)c1. The summed E-state index contributed by atoms with van der Waals surface area (Å²) in [6, 6.07) is 11.0. The smallest absolute Gasteiger partial charge is 0.337 e. The molecule has 3 rings (SSSR count). The van der Waals surface area contributed by atoms with Crippen molar-refractivity contribution < 1.29 is 18.3 Å². The van der Waals surface area contributed by atoms with E-state index in [1.165, 1.54) is 19.2 Å². The topological polar surface area (TPSA) is 39.4 Å². The van der Waals surface area contributed by atoms with Crippen LogP contribution in [0.15, 0.2) is 46.9 Å². The van der Waals surface area contributed by atoms with Crippen LogP contribution in [0, 0.1) is 5.82 Å². The Balaban J connectivity index is 2.16. The van der Waals surface area contributed by atoms with Gasteiger partial charge in [0.25, 0.3) is 0 Å². The first-order valence-electron chi connectivity index (χ1n) is 6.16. The average Bonchev–Trinajstić information content (AvgIpc) is 2.91. The zero-order valence-electron chi connectivity index (χ0n) is 11.0. The van der Waals surface area contributed by atoms with Gasteiger partial charge < -0.3 is 9.15 Å². The van der Waals surface area contributed by atoms with Crippen LogP contribution in [0.2, 0.25) is 5.02 Å². The Morgan fingerprint density at radius 3 is 2.76 bits per heavy atom. The van der Waals surface area contributed by atoms with E-state index in [9.17, 15) is 9.18 Å². The number of rotatable bonds is 2. The molecular weight excluding hydrogens is 295 g/mol. The van der Waals surface area contributed by atoms with E-state index in [-0.39, 0.29) is 5.56 Å². The number of hydrogen-bond acceptors (Lipinski definition) is 3. The highest BCUT2D eigenvalue weighted by Gasteiger charge is 2.13. The Morgan fingerprint density at radius 1 is 1.24 bits per heavy atom. The average molecular weight is 305 g/mol. The monoisotopic (exact) mass is 304 g/mol. The van der Waals surface area contributed by atoms with Crippen LogP contribution in [0.1, 0.15) is 10.4 Å². The molecule has 5 heteroatoms. The van der Waals surface area contributed by atoms with Crippen LogP contribution in [-0.2, 0) is 4.74 Å². The van der Waals surface area contributed by atoms with E-state index in [2.05, 4.69) is 4.74 Å². The van der Waals surface area contributed by atoms with Gasteiger partial charge in [0.15, 0.2) is 5.58 Å². The summed E-state index contributed by atoms with van der Waals surface area (Å²) in [7, 11) is 1.24. The number of fused-ring (bicyclic) bond motifs is 1. The third kappa shape index (κ3) is 2.50. The number of para-hydroxylation sites is 1. The summed E-state index contributed by atoms with van der Waals surface area (Å²) in [4.78, 5) is 11.5. The summed E-state index contributed by atoms with van der Waals surface area (Å²) in [6.07, 6.45) is 0. The van der Waals surface area contributed by atoms with Gasteiger partial charge in [0.05, 0.1) is 17.7 Å². The Bertz CT molecular complexity index is 839. The summed E-state index contributed by atoms with van der Waals surface area (Å²) in [5.74, 6) is -0.716. The largest absolute Gasteiger partial charge is 0.465 e. The van der Waals surface area contributed by atoms with Crippen molar-refractivity contribution >= 4 is 28.5 Å². The van der Waals surface area contributed by atoms with Crippen LogP contribution in [0.25, 0.3) is 22.3 Å². The van der Waals surface area contributed by atoms with Gasteiger partial charge in [-0.1, -0.05) is 23.7 Å². The Kier molecular flexibility index (Phi) is 3.39. The van der Waals surface area contributed by atoms with E-state index < -0.39 is 11.8 Å². The zero-order valence-corrected chi connectivity index (χ0v) is 11.8. The number of ether oxygens (including phenoxy) is 1. The molecule has 0 aliphatic heterocycles. The van der Waals surface area contributed by atoms with Crippen LogP contribution in [0.3, 0.4) is 0 Å². The van der Waals surface area contributed by atoms with Crippen LogP contribution in [0.5, 0.6) is 0 Å². The van der Waals surface area contributed by atoms with Crippen LogP contribution in [0.4, 0.5) is 4.39 Å². The minimum absolute atomic E-state index is 0.124. The maximum absolute atomic E-state index is 13.7. The van der Waals surface area contributed by atoms with Gasteiger partial charge in [0.1, 0.15) is 11.6 Å². The second kappa shape index (κ2) is 5.22. The zero-order chi connectivity index (χ0) is 15.0. The van der Waals surface area contributed by atoms with Gasteiger partial charge >= 0.3 is 5.97 Å². The molecular formula is C16H10ClFO3. The summed E-state index contributed by atoms with van der Waals surface area (Å²) >= 11 is 6.05. The number of hydrogen-bond donors (Lipinski definition) is 0. The van der Waals surface area contributed by atoms with Gasteiger partial charge in [-0.15, -0.1) is 0 Å². The molecule has 2 aromatic carbocycles. The van der Waals surface area contributed by atoms with Crippen molar-refractivity contribution in [3.05, 3.63) is 58.9 Å². The molecule has 0 fully saturated rings. The van der Waals surface area contributed by atoms with E-state index in [4.69, 9.17) is 16.0 Å². The van der Waals surface area contributed by atoms with Crippen molar-refractivity contribution in [2.24, 2.45) is 0 Å². The predicted molar refractivity (Wildman–Crippen MR) is 78.0 cm³/mol. The minimum atomic E-state index is -0.607. The Hall–Kier alpha value is -2.33. The van der Waals surface area contributed by atoms with Crippen molar-refractivity contribution in [1.29, 1.82) is 0 Å². The lowest BCUT2D eigenvalue weighted by molar-refractivity contribution is 0.0600. The molecule has 3 aromatic rings. The summed E-state index contributed by atoms with van der Waals surface area (Å²) < 4.78 is 23.9. The predicted octanol–water partition coefficient (Wildman–Crippen LogP) is 4.68. The fourth-order valence-corrected chi connectivity index (χ4v) is 2.36. The third-order valence-electron chi connectivity index (χ3n) is 3.10. The first-order valence-corrected chi connectivity index (χ1v) is 6.53. The molecule has 0 atom stereocenters. The standard InChI is InChI=1S/C16H10ClFO3/c1-20-16(19)11-5-10(6-12(18)7-11)14-8-9-3-2-4-13(17)15(9)21-14/h2-8H,1H3. The first-order chi connectivity index (χ1) is 10.1. The molecule has 0 spiro atoms. The normalized spacial score (nSPS) is 10.8. The maximum Gasteiger partial charge on any atom is 0.337 e. The van der Waals surface area contributed by atoms with Gasteiger partial charge in [-0.25, -0.2) is 9.18 Å². The Morgan fingerprint density at radius 2 is 2.05 bits per heavy atom. The second-order valence-corrected chi connectivity index (χ2v) is 4.90. The first kappa shape index (κ1) is 13.6. The lowest BCUT2D eigenvalue weighted by atomic mass is 10.1. The highest BCUT2D eigenvalue weighted by Crippen LogP contribution is 2.32. The summed E-state index contributed by atoms with van der Waals surface area (Å²) in [5.41, 5.74) is 1.10. The number of benzene rings is 2. The summed E-state index contributed by atoms with van der Waals surface area (Å²) in [6.45, 7) is 0. The molecule has 106 valence electrons. The second-order valence-electron chi connectivity index (χ2n) is 4.49. The molecule has 0 aliphatic carbocycles. The number of carbonyl (C=O) groups excluding carboxylic acids is 1. The Labute approximate surface area is 124 Å². The van der Waals surface area contributed by atoms with Crippen molar-refractivity contribution in [1.82, 2.24) is 0 Å². The van der Waals surface area contributed by atoms with Gasteiger partial charge in [-0.3, -0.25) is 0 Å². The summed E-state index contributed by atoms with van der Waals surface area (Å²) in [5, 5.41) is 1.28. The third-order valence-corrected chi connectivity index (χ3v) is 3.40. The van der Waals surface area contributed by atoms with Crippen molar-refractivity contribution in [2.45, 2.75) is 0 Å². The molecule has 0 radical (unpaired) electrons. The molecule has 0 amide bonds. The molecule has 3 nitrogen and oxygen atoms in total. The number of methoxy groups -OCH3 is 1. The molecule has 1 heterocycles. The number of esters is 1. The van der Waals surface area contributed by atoms with E-state index in [0.717, 1.165) is 11.5 Å². The molecule has 0 saturated carbocycles. The highest BCUT2D eigenvalue weighted by atomic mass is 35.5. The number of halogens is 2. The fourth-order valence-electron chi connectivity index (χ4n) is 2.14. The molecule has 0 bridgehead atoms. The van der Waals surface area contributed by atoms with Gasteiger partial charge in [-0.2, -0.15) is 0 Å². The quantitative estimate of drug-likeness (QED) is 0.645. The molecule has 21 heavy (non-hydrogen) atoms. The highest BCUT2D eigenvalue weighted by molar-refractivity contribution is 6.34. The molecule has 0 saturated heterocycles. The molecule has 1 aromatic heterocycles. The fraction of sp³-hybridized carbons (Fsp3) is 0.0625. The molecule has 0 unspecified atom stereocenters. The minimum Gasteiger partial charge on any atom is -0.465 e. The lowest BCUT2D eigenvalue weighted by Crippen LogP contribution is -2.01. The van der Waals surface area contributed by atoms with E-state index in [0.29, 0.717) is 21.9 Å². The molecule has 0 aliphatic rings. The van der Waals surface area contributed by atoms with Crippen molar-refractivity contribution in [3.8, 4) is 11.3 Å². The molecule has 0 N–H and O–H groups in total.